The van der Waals surface area contributed by atoms with Crippen molar-refractivity contribution in [1.29, 1.82) is 0 Å². The van der Waals surface area contributed by atoms with Gasteiger partial charge in [-0.2, -0.15) is 5.10 Å². The number of hydrogen-bond acceptors (Lipinski definition) is 3. The summed E-state index contributed by atoms with van der Waals surface area (Å²) >= 11 is 0. The third-order valence-electron chi connectivity index (χ3n) is 2.75. The van der Waals surface area contributed by atoms with Crippen LogP contribution in [-0.2, 0) is 0 Å². The van der Waals surface area contributed by atoms with Crippen molar-refractivity contribution in [1.82, 2.24) is 9.78 Å². The Morgan fingerprint density at radius 3 is 2.41 bits per heavy atom. The zero-order valence-electron chi connectivity index (χ0n) is 11.9. The lowest BCUT2D eigenvalue weighted by Crippen LogP contribution is -2.18. The fourth-order valence-electron chi connectivity index (χ4n) is 1.82. The van der Waals surface area contributed by atoms with Crippen molar-refractivity contribution < 1.29 is 22.7 Å². The van der Waals surface area contributed by atoms with E-state index in [4.69, 9.17) is 0 Å². The highest BCUT2D eigenvalue weighted by atomic mass is 19.4. The Morgan fingerprint density at radius 1 is 1.23 bits per heavy atom. The molecule has 2 rings (SSSR count). The van der Waals surface area contributed by atoms with Crippen LogP contribution in [0.5, 0.6) is 5.75 Å². The molecule has 0 unspecified atom stereocenters. The molecule has 1 heterocycles. The van der Waals surface area contributed by atoms with Crippen LogP contribution in [0, 0.1) is 0 Å². The van der Waals surface area contributed by atoms with Crippen molar-refractivity contribution >= 4 is 11.7 Å². The standard InChI is InChI=1S/C14H14F3N3O2/c1-9(2)20-12(7-8-18-20)19-13(21)10-3-5-11(6-4-10)22-14(15,16)17/h3-9H,1-2H3,(H,19,21). The molecule has 118 valence electrons. The molecule has 0 bridgehead atoms. The number of alkyl halides is 3. The van der Waals surface area contributed by atoms with Gasteiger partial charge in [0.15, 0.2) is 0 Å². The van der Waals surface area contributed by atoms with Crippen LogP contribution >= 0.6 is 0 Å². The second-order valence-electron chi connectivity index (χ2n) is 4.78. The normalized spacial score (nSPS) is 11.5. The van der Waals surface area contributed by atoms with E-state index < -0.39 is 12.3 Å². The molecule has 0 spiro atoms. The van der Waals surface area contributed by atoms with Crippen LogP contribution in [0.4, 0.5) is 19.0 Å². The second kappa shape index (κ2) is 6.08. The Kier molecular flexibility index (Phi) is 4.39. The summed E-state index contributed by atoms with van der Waals surface area (Å²) in [5, 5.41) is 6.73. The monoisotopic (exact) mass is 313 g/mol. The molecular formula is C14H14F3N3O2. The van der Waals surface area contributed by atoms with Crippen LogP contribution in [0.15, 0.2) is 36.5 Å². The van der Waals surface area contributed by atoms with Crippen molar-refractivity contribution in [2.45, 2.75) is 26.3 Å². The number of nitrogens with one attached hydrogen (secondary N) is 1. The molecule has 0 radical (unpaired) electrons. The van der Waals surface area contributed by atoms with Gasteiger partial charge in [0.1, 0.15) is 11.6 Å². The van der Waals surface area contributed by atoms with E-state index in [1.54, 1.807) is 16.9 Å². The number of hydrogen-bond donors (Lipinski definition) is 1. The fraction of sp³-hybridized carbons (Fsp3) is 0.286. The lowest BCUT2D eigenvalue weighted by atomic mass is 10.2. The number of carbonyl (C=O) groups is 1. The molecule has 22 heavy (non-hydrogen) atoms. The number of amides is 1. The molecule has 1 aromatic carbocycles. The molecule has 8 heteroatoms. The minimum Gasteiger partial charge on any atom is -0.406 e. The zero-order chi connectivity index (χ0) is 16.3. The minimum absolute atomic E-state index is 0.0628. The average Bonchev–Trinajstić information content (AvgIpc) is 2.86. The molecule has 1 aromatic heterocycles. The summed E-state index contributed by atoms with van der Waals surface area (Å²) < 4.78 is 41.6. The first-order valence-corrected chi connectivity index (χ1v) is 6.47. The Hall–Kier alpha value is -2.51. The first-order valence-electron chi connectivity index (χ1n) is 6.47. The van der Waals surface area contributed by atoms with Crippen LogP contribution < -0.4 is 10.1 Å². The van der Waals surface area contributed by atoms with E-state index in [1.807, 2.05) is 13.8 Å². The van der Waals surface area contributed by atoms with Gasteiger partial charge in [0.25, 0.3) is 5.91 Å². The Morgan fingerprint density at radius 2 is 1.86 bits per heavy atom. The molecular weight excluding hydrogens is 299 g/mol. The maximum atomic E-state index is 12.1. The molecule has 5 nitrogen and oxygen atoms in total. The van der Waals surface area contributed by atoms with Gasteiger partial charge in [-0.05, 0) is 38.1 Å². The number of anilines is 1. The highest BCUT2D eigenvalue weighted by Gasteiger charge is 2.31. The lowest BCUT2D eigenvalue weighted by Gasteiger charge is -2.12. The van der Waals surface area contributed by atoms with Gasteiger partial charge in [-0.25, -0.2) is 4.68 Å². The number of halogens is 3. The molecule has 1 N–H and O–H groups in total. The molecule has 0 saturated heterocycles. The maximum Gasteiger partial charge on any atom is 0.573 e. The number of rotatable bonds is 4. The van der Waals surface area contributed by atoms with E-state index >= 15 is 0 Å². The summed E-state index contributed by atoms with van der Waals surface area (Å²) in [6, 6.07) is 6.38. The van der Waals surface area contributed by atoms with E-state index in [0.717, 1.165) is 12.1 Å². The number of nitrogens with zero attached hydrogens (tertiary/aromatic N) is 2. The van der Waals surface area contributed by atoms with Crippen molar-refractivity contribution in [2.24, 2.45) is 0 Å². The van der Waals surface area contributed by atoms with Gasteiger partial charge in [0.2, 0.25) is 0 Å². The molecule has 1 amide bonds. The first kappa shape index (κ1) is 15.9. The Bertz CT molecular complexity index is 648. The van der Waals surface area contributed by atoms with Crippen molar-refractivity contribution in [3.8, 4) is 5.75 Å². The van der Waals surface area contributed by atoms with Crippen LogP contribution in [0.2, 0.25) is 0 Å². The quantitative estimate of drug-likeness (QED) is 0.938. The molecule has 0 aliphatic carbocycles. The Balaban J connectivity index is 2.08. The van der Waals surface area contributed by atoms with Gasteiger partial charge in [0, 0.05) is 17.7 Å². The minimum atomic E-state index is -4.76. The number of aromatic nitrogens is 2. The molecule has 2 aromatic rings. The summed E-state index contributed by atoms with van der Waals surface area (Å²) in [5.74, 6) is -0.312. The largest absolute Gasteiger partial charge is 0.573 e. The van der Waals surface area contributed by atoms with E-state index in [-0.39, 0.29) is 17.4 Å². The summed E-state index contributed by atoms with van der Waals surface area (Å²) in [4.78, 5) is 12.1. The third-order valence-corrected chi connectivity index (χ3v) is 2.75. The predicted molar refractivity (Wildman–Crippen MR) is 73.7 cm³/mol. The van der Waals surface area contributed by atoms with E-state index in [2.05, 4.69) is 15.2 Å². The van der Waals surface area contributed by atoms with Crippen LogP contribution in [0.1, 0.15) is 30.2 Å². The molecule has 0 fully saturated rings. The van der Waals surface area contributed by atoms with Crippen molar-refractivity contribution in [3.63, 3.8) is 0 Å². The lowest BCUT2D eigenvalue weighted by molar-refractivity contribution is -0.274. The van der Waals surface area contributed by atoms with Crippen molar-refractivity contribution in [2.75, 3.05) is 5.32 Å². The number of benzene rings is 1. The van der Waals surface area contributed by atoms with Crippen molar-refractivity contribution in [3.05, 3.63) is 42.1 Å². The summed E-state index contributed by atoms with van der Waals surface area (Å²) in [6.45, 7) is 3.82. The van der Waals surface area contributed by atoms with Gasteiger partial charge in [-0.3, -0.25) is 4.79 Å². The summed E-state index contributed by atoms with van der Waals surface area (Å²) in [5.41, 5.74) is 0.214. The zero-order valence-corrected chi connectivity index (χ0v) is 11.9. The highest BCUT2D eigenvalue weighted by molar-refractivity contribution is 6.03. The number of carbonyl (C=O) groups excluding carboxylic acids is 1. The SMILES string of the molecule is CC(C)n1nccc1NC(=O)c1ccc(OC(F)(F)F)cc1. The average molecular weight is 313 g/mol. The first-order chi connectivity index (χ1) is 10.3. The third kappa shape index (κ3) is 4.00. The molecule has 0 aliphatic heterocycles. The topological polar surface area (TPSA) is 56.2 Å². The summed E-state index contributed by atoms with van der Waals surface area (Å²) in [7, 11) is 0. The highest BCUT2D eigenvalue weighted by Crippen LogP contribution is 2.23. The van der Waals surface area contributed by atoms with Gasteiger partial charge < -0.3 is 10.1 Å². The van der Waals surface area contributed by atoms with E-state index in [9.17, 15) is 18.0 Å². The Labute approximate surface area is 124 Å². The van der Waals surface area contributed by atoms with Crippen LogP contribution in [0.25, 0.3) is 0 Å². The predicted octanol–water partition coefficient (Wildman–Crippen LogP) is 3.61. The fourth-order valence-corrected chi connectivity index (χ4v) is 1.82. The van der Waals surface area contributed by atoms with Crippen LogP contribution in [-0.4, -0.2) is 22.1 Å². The summed E-state index contributed by atoms with van der Waals surface area (Å²) in [6.07, 6.45) is -3.20. The number of ether oxygens (including phenoxy) is 1. The molecule has 0 saturated carbocycles. The molecule has 0 atom stereocenters. The van der Waals surface area contributed by atoms with Gasteiger partial charge >= 0.3 is 6.36 Å². The van der Waals surface area contributed by atoms with Gasteiger partial charge in [-0.1, -0.05) is 0 Å². The van der Waals surface area contributed by atoms with Gasteiger partial charge in [0.05, 0.1) is 6.20 Å². The van der Waals surface area contributed by atoms with E-state index in [1.165, 1.54) is 12.1 Å². The molecule has 0 aliphatic rings. The van der Waals surface area contributed by atoms with E-state index in [0.29, 0.717) is 5.82 Å². The van der Waals surface area contributed by atoms with Crippen LogP contribution in [0.3, 0.4) is 0 Å². The van der Waals surface area contributed by atoms with Gasteiger partial charge in [-0.15, -0.1) is 13.2 Å². The second-order valence-corrected chi connectivity index (χ2v) is 4.78. The smallest absolute Gasteiger partial charge is 0.406 e. The maximum absolute atomic E-state index is 12.1.